The molecule has 0 aromatic rings. The summed E-state index contributed by atoms with van der Waals surface area (Å²) in [6.07, 6.45) is 0. The summed E-state index contributed by atoms with van der Waals surface area (Å²) in [5.41, 5.74) is 0. The van der Waals surface area contributed by atoms with Crippen LogP contribution < -0.4 is 0 Å². The predicted octanol–water partition coefficient (Wildman–Crippen LogP) is 1.92. The average Bonchev–Trinajstić information content (AvgIpc) is 1.41. The number of thioether (sulfide) groups is 1. The Kier molecular flexibility index (Phi) is 4.65. The van der Waals surface area contributed by atoms with Crippen LogP contribution in [0.1, 0.15) is 13.8 Å². The topological polar surface area (TPSA) is 0 Å². The molecule has 0 N–H and O–H groups in total. The Morgan fingerprint density at radius 2 is 2.40 bits per heavy atom. The minimum atomic E-state index is 1.20. The van der Waals surface area contributed by atoms with E-state index in [-0.39, 0.29) is 0 Å². The van der Waals surface area contributed by atoms with Gasteiger partial charge in [0.2, 0.25) is 0 Å². The van der Waals surface area contributed by atoms with Crippen molar-refractivity contribution >= 4 is 11.8 Å². The fraction of sp³-hybridized carbons (Fsp3) is 0.750. The Bertz CT molecular complexity index is 11.1. The van der Waals surface area contributed by atoms with Crippen LogP contribution in [0.5, 0.6) is 0 Å². The quantitative estimate of drug-likeness (QED) is 0.498. The third kappa shape index (κ3) is 4.35. The Morgan fingerprint density at radius 1 is 1.80 bits per heavy atom. The van der Waals surface area contributed by atoms with E-state index in [2.05, 4.69) is 12.7 Å². The second-order valence-corrected chi connectivity index (χ2v) is 2.07. The lowest BCUT2D eigenvalue weighted by Gasteiger charge is -1.79. The van der Waals surface area contributed by atoms with Gasteiger partial charge in [-0.3, -0.25) is 0 Å². The van der Waals surface area contributed by atoms with Gasteiger partial charge in [-0.15, -0.1) is 0 Å². The molecule has 0 aliphatic rings. The molecule has 0 aromatic heterocycles. The third-order valence-corrected chi connectivity index (χ3v) is 1.00. The van der Waals surface area contributed by atoms with Crippen molar-refractivity contribution < 1.29 is 0 Å². The van der Waals surface area contributed by atoms with Gasteiger partial charge >= 0.3 is 0 Å². The Labute approximate surface area is 38.0 Å². The van der Waals surface area contributed by atoms with E-state index in [1.807, 2.05) is 18.7 Å². The molecule has 1 heteroatoms. The molecule has 0 saturated carbocycles. The van der Waals surface area contributed by atoms with Gasteiger partial charge in [-0.2, -0.15) is 11.8 Å². The molecule has 5 heavy (non-hydrogen) atoms. The van der Waals surface area contributed by atoms with Crippen molar-refractivity contribution in [2.75, 3.05) is 5.75 Å². The van der Waals surface area contributed by atoms with Crippen molar-refractivity contribution in [1.82, 2.24) is 0 Å². The minimum absolute atomic E-state index is 1.20. The SMILES string of the molecule is C[CH]SCC. The molecule has 0 aliphatic heterocycles. The zero-order valence-electron chi connectivity index (χ0n) is 3.69. The van der Waals surface area contributed by atoms with Crippen molar-refractivity contribution in [2.45, 2.75) is 13.8 Å². The van der Waals surface area contributed by atoms with Crippen molar-refractivity contribution in [3.63, 3.8) is 0 Å². The van der Waals surface area contributed by atoms with Gasteiger partial charge in [0, 0.05) is 5.75 Å². The van der Waals surface area contributed by atoms with Gasteiger partial charge in [-0.25, -0.2) is 0 Å². The van der Waals surface area contributed by atoms with E-state index >= 15 is 0 Å². The normalized spacial score (nSPS) is 8.40. The summed E-state index contributed by atoms with van der Waals surface area (Å²) in [5, 5.41) is 0. The smallest absolute Gasteiger partial charge is 0.0135 e. The summed E-state index contributed by atoms with van der Waals surface area (Å²) < 4.78 is 0. The molecular formula is C4H9S. The number of hydrogen-bond acceptors (Lipinski definition) is 1. The van der Waals surface area contributed by atoms with Gasteiger partial charge in [0.25, 0.3) is 0 Å². The van der Waals surface area contributed by atoms with E-state index in [0.29, 0.717) is 0 Å². The van der Waals surface area contributed by atoms with E-state index in [0.717, 1.165) is 0 Å². The van der Waals surface area contributed by atoms with E-state index in [4.69, 9.17) is 0 Å². The molecule has 1 radical (unpaired) electrons. The maximum Gasteiger partial charge on any atom is 0.0135 e. The number of hydrogen-bond donors (Lipinski definition) is 0. The lowest BCUT2D eigenvalue weighted by Crippen LogP contribution is -1.57. The molecule has 0 aliphatic carbocycles. The first-order valence-electron chi connectivity index (χ1n) is 1.81. The van der Waals surface area contributed by atoms with Gasteiger partial charge in [0.15, 0.2) is 0 Å². The summed E-state index contributed by atoms with van der Waals surface area (Å²) in [6, 6.07) is 0. The maximum absolute atomic E-state index is 2.14. The molecular weight excluding hydrogens is 80.1 g/mol. The Balaban J connectivity index is 2.19. The molecule has 0 bridgehead atoms. The van der Waals surface area contributed by atoms with Crippen molar-refractivity contribution in [3.05, 3.63) is 5.75 Å². The van der Waals surface area contributed by atoms with Crippen LogP contribution in [0.3, 0.4) is 0 Å². The van der Waals surface area contributed by atoms with E-state index in [1.54, 1.807) is 0 Å². The zero-order chi connectivity index (χ0) is 4.12. The van der Waals surface area contributed by atoms with E-state index < -0.39 is 0 Å². The van der Waals surface area contributed by atoms with Gasteiger partial charge < -0.3 is 0 Å². The highest BCUT2D eigenvalue weighted by Gasteiger charge is 1.68. The molecule has 0 amide bonds. The molecule has 0 heterocycles. The minimum Gasteiger partial charge on any atom is -0.158 e. The first-order valence-corrected chi connectivity index (χ1v) is 2.86. The summed E-state index contributed by atoms with van der Waals surface area (Å²) in [5.74, 6) is 3.30. The molecule has 0 nitrogen and oxygen atoms in total. The first kappa shape index (κ1) is 5.35. The first-order chi connectivity index (χ1) is 2.41. The molecule has 0 spiro atoms. The van der Waals surface area contributed by atoms with Crippen LogP contribution in [0.15, 0.2) is 0 Å². The standard InChI is InChI=1S/C4H9S/c1-3-5-4-2/h3H,4H2,1-2H3. The predicted molar refractivity (Wildman–Crippen MR) is 28.1 cm³/mol. The summed E-state index contributed by atoms with van der Waals surface area (Å²) in [4.78, 5) is 0. The molecule has 0 atom stereocenters. The van der Waals surface area contributed by atoms with Crippen LogP contribution in [-0.2, 0) is 0 Å². The third-order valence-electron chi connectivity index (χ3n) is 0.333. The highest BCUT2D eigenvalue weighted by molar-refractivity contribution is 8.01. The lowest BCUT2D eigenvalue weighted by molar-refractivity contribution is 1.52. The second-order valence-electron chi connectivity index (χ2n) is 0.691. The van der Waals surface area contributed by atoms with Crippen LogP contribution in [-0.4, -0.2) is 5.75 Å². The van der Waals surface area contributed by atoms with Crippen LogP contribution in [0.4, 0.5) is 0 Å². The van der Waals surface area contributed by atoms with Crippen LogP contribution in [0.2, 0.25) is 0 Å². The molecule has 31 valence electrons. The second kappa shape index (κ2) is 4.35. The monoisotopic (exact) mass is 89.0 g/mol. The van der Waals surface area contributed by atoms with Gasteiger partial charge in [0.1, 0.15) is 0 Å². The lowest BCUT2D eigenvalue weighted by atomic mass is 11.0. The molecule has 0 unspecified atom stereocenters. The fourth-order valence-electron chi connectivity index (χ4n) is 0.167. The Morgan fingerprint density at radius 3 is 2.40 bits per heavy atom. The largest absolute Gasteiger partial charge is 0.158 e. The number of rotatable bonds is 2. The highest BCUT2D eigenvalue weighted by atomic mass is 32.2. The maximum atomic E-state index is 2.14. The molecule has 0 aromatic carbocycles. The average molecular weight is 89.2 g/mol. The van der Waals surface area contributed by atoms with Gasteiger partial charge in [0.05, 0.1) is 0 Å². The van der Waals surface area contributed by atoms with Crippen LogP contribution in [0, 0.1) is 5.75 Å². The van der Waals surface area contributed by atoms with Crippen molar-refractivity contribution in [2.24, 2.45) is 0 Å². The summed E-state index contributed by atoms with van der Waals surface area (Å²) in [7, 11) is 0. The van der Waals surface area contributed by atoms with Crippen molar-refractivity contribution in [3.8, 4) is 0 Å². The summed E-state index contributed by atoms with van der Waals surface area (Å²) in [6.45, 7) is 4.19. The summed E-state index contributed by atoms with van der Waals surface area (Å²) >= 11 is 1.84. The fourth-order valence-corrected chi connectivity index (χ4v) is 0.500. The van der Waals surface area contributed by atoms with Crippen LogP contribution in [0.25, 0.3) is 0 Å². The molecule has 0 rings (SSSR count). The van der Waals surface area contributed by atoms with Crippen LogP contribution >= 0.6 is 11.8 Å². The molecule has 0 fully saturated rings. The Hall–Kier alpha value is 0.350. The zero-order valence-corrected chi connectivity index (χ0v) is 4.51. The van der Waals surface area contributed by atoms with E-state index in [9.17, 15) is 0 Å². The highest BCUT2D eigenvalue weighted by Crippen LogP contribution is 1.99. The van der Waals surface area contributed by atoms with Gasteiger partial charge in [-0.1, -0.05) is 13.8 Å². The van der Waals surface area contributed by atoms with E-state index in [1.165, 1.54) is 5.75 Å². The van der Waals surface area contributed by atoms with Gasteiger partial charge in [-0.05, 0) is 5.75 Å². The van der Waals surface area contributed by atoms with Crippen molar-refractivity contribution in [1.29, 1.82) is 0 Å². The molecule has 0 saturated heterocycles.